The van der Waals surface area contributed by atoms with Crippen molar-refractivity contribution in [2.75, 3.05) is 0 Å². The first-order valence-corrected chi connectivity index (χ1v) is 20.6. The van der Waals surface area contributed by atoms with Crippen LogP contribution in [0.5, 0.6) is 0 Å². The number of aliphatic hydroxyl groups excluding tert-OH is 2. The maximum atomic E-state index is 13.2. The summed E-state index contributed by atoms with van der Waals surface area (Å²) in [7, 11) is 0. The SMILES string of the molecule is O=C(NCc1cc(CNC(=O)[C@@H](O)c2ccccc2)cc(P(Br)(c2ccccc2)(c2ccccc2)c2ccccc2)c1)[C@@H](O)c1ccccc1. The number of halogens is 1. The van der Waals surface area contributed by atoms with Gasteiger partial charge in [-0.05, 0) is 0 Å². The van der Waals surface area contributed by atoms with E-state index in [0.29, 0.717) is 11.1 Å². The van der Waals surface area contributed by atoms with Crippen molar-refractivity contribution in [1.82, 2.24) is 10.6 Å². The molecule has 0 unspecified atom stereocenters. The summed E-state index contributed by atoms with van der Waals surface area (Å²) in [5.41, 5.74) is 2.56. The number of carbonyl (C=O) groups is 2. The molecule has 0 fully saturated rings. The van der Waals surface area contributed by atoms with Crippen LogP contribution in [0.2, 0.25) is 0 Å². The number of rotatable bonds is 12. The summed E-state index contributed by atoms with van der Waals surface area (Å²) in [6.45, 7) is 0.254. The van der Waals surface area contributed by atoms with Crippen LogP contribution in [0.25, 0.3) is 0 Å². The van der Waals surface area contributed by atoms with Crippen LogP contribution in [0.1, 0.15) is 34.5 Å². The van der Waals surface area contributed by atoms with Gasteiger partial charge >= 0.3 is 302 Å². The zero-order valence-corrected chi connectivity index (χ0v) is 29.8. The van der Waals surface area contributed by atoms with Crippen molar-refractivity contribution >= 4 is 53.8 Å². The molecule has 0 aromatic heterocycles. The summed E-state index contributed by atoms with van der Waals surface area (Å²) < 4.78 is 0. The summed E-state index contributed by atoms with van der Waals surface area (Å²) >= 11 is 4.54. The average Bonchev–Trinajstić information content (AvgIpc) is 3.19. The van der Waals surface area contributed by atoms with Gasteiger partial charge in [0.25, 0.3) is 0 Å². The average molecular weight is 746 g/mol. The molecular formula is C42H38BrN2O4P. The summed E-state index contributed by atoms with van der Waals surface area (Å²) in [6.07, 6.45) is -2.66. The minimum atomic E-state index is -3.67. The van der Waals surface area contributed by atoms with Crippen LogP contribution in [0.3, 0.4) is 0 Å². The number of amides is 2. The standard InChI is InChI=1S/C42H38BrN2O4P/c43-50(35-20-10-3-11-21-35,36-22-12-4-13-23-36,37-24-14-5-15-25-37)38-27-31(29-44-41(48)39(46)33-16-6-1-7-17-33)26-32(28-38)30-45-42(49)40(47)34-18-8-2-9-19-34/h1-28,39-40,46-47H,29-30H2,(H,44,48)(H,45,49)/t39-,40-/m0/s1. The third kappa shape index (κ3) is 6.91. The third-order valence-electron chi connectivity index (χ3n) is 8.91. The van der Waals surface area contributed by atoms with Gasteiger partial charge in [-0.15, -0.1) is 0 Å². The molecule has 0 bridgehead atoms. The molecule has 4 N–H and O–H groups in total. The van der Waals surface area contributed by atoms with Gasteiger partial charge in [0.05, 0.1) is 0 Å². The fourth-order valence-electron chi connectivity index (χ4n) is 6.35. The molecule has 0 aliphatic carbocycles. The van der Waals surface area contributed by atoms with Gasteiger partial charge in [0, 0.05) is 0 Å². The molecular weight excluding hydrogens is 707 g/mol. The van der Waals surface area contributed by atoms with Crippen molar-refractivity contribution in [1.29, 1.82) is 0 Å². The third-order valence-corrected chi connectivity index (χ3v) is 18.9. The van der Waals surface area contributed by atoms with Gasteiger partial charge in [-0.25, -0.2) is 0 Å². The Bertz CT molecular complexity index is 1870. The van der Waals surface area contributed by atoms with Gasteiger partial charge in [-0.3, -0.25) is 0 Å². The predicted molar refractivity (Wildman–Crippen MR) is 207 cm³/mol. The van der Waals surface area contributed by atoms with Crippen LogP contribution in [0, 0.1) is 0 Å². The normalized spacial score (nSPS) is 13.3. The monoisotopic (exact) mass is 744 g/mol. The number of aliphatic hydroxyl groups is 2. The van der Waals surface area contributed by atoms with E-state index < -0.39 is 29.3 Å². The zero-order chi connectivity index (χ0) is 35.0. The first-order chi connectivity index (χ1) is 24.3. The molecule has 6 nitrogen and oxygen atoms in total. The summed E-state index contributed by atoms with van der Waals surface area (Å²) in [5, 5.41) is 28.0. The minimum absolute atomic E-state index is 0.127. The molecule has 0 heterocycles. The predicted octanol–water partition coefficient (Wildman–Crippen LogP) is 5.85. The quantitative estimate of drug-likeness (QED) is 0.118. The van der Waals surface area contributed by atoms with Crippen molar-refractivity contribution in [3.05, 3.63) is 192 Å². The van der Waals surface area contributed by atoms with E-state index in [4.69, 9.17) is 0 Å². The van der Waals surface area contributed by atoms with E-state index in [9.17, 15) is 19.8 Å². The first kappa shape index (κ1) is 34.9. The van der Waals surface area contributed by atoms with E-state index in [1.165, 1.54) is 0 Å². The molecule has 0 aliphatic rings. The van der Waals surface area contributed by atoms with Crippen LogP contribution >= 0.6 is 20.8 Å². The van der Waals surface area contributed by atoms with Crippen LogP contribution in [0.4, 0.5) is 0 Å². The van der Waals surface area contributed by atoms with Crippen LogP contribution in [-0.2, 0) is 22.7 Å². The maximum absolute atomic E-state index is 13.2. The molecule has 50 heavy (non-hydrogen) atoms. The van der Waals surface area contributed by atoms with E-state index in [1.54, 1.807) is 48.5 Å². The van der Waals surface area contributed by atoms with Crippen LogP contribution < -0.4 is 31.9 Å². The van der Waals surface area contributed by atoms with Crippen molar-refractivity contribution in [2.45, 2.75) is 25.3 Å². The number of benzene rings is 6. The van der Waals surface area contributed by atoms with Crippen molar-refractivity contribution < 1.29 is 19.8 Å². The Labute approximate surface area is 300 Å². The molecule has 6 aromatic rings. The van der Waals surface area contributed by atoms with Crippen molar-refractivity contribution in [2.24, 2.45) is 0 Å². The van der Waals surface area contributed by atoms with Gasteiger partial charge in [0.2, 0.25) is 0 Å². The van der Waals surface area contributed by atoms with E-state index in [0.717, 1.165) is 32.3 Å². The van der Waals surface area contributed by atoms with Gasteiger partial charge in [-0.2, -0.15) is 0 Å². The second-order valence-electron chi connectivity index (χ2n) is 12.1. The van der Waals surface area contributed by atoms with Gasteiger partial charge in [-0.1, -0.05) is 0 Å². The molecule has 0 aliphatic heterocycles. The number of hydrogen-bond donors (Lipinski definition) is 4. The molecule has 0 saturated heterocycles. The Balaban J connectivity index is 1.48. The fraction of sp³-hybridized carbons (Fsp3) is 0.0952. The van der Waals surface area contributed by atoms with Crippen LogP contribution in [-0.4, -0.2) is 22.0 Å². The Hall–Kier alpha value is -4.91. The molecule has 0 spiro atoms. The molecule has 2 amide bonds. The number of nitrogens with one attached hydrogen (secondary N) is 2. The van der Waals surface area contributed by atoms with Crippen molar-refractivity contribution in [3.63, 3.8) is 0 Å². The van der Waals surface area contributed by atoms with Gasteiger partial charge in [0.1, 0.15) is 0 Å². The molecule has 0 saturated carbocycles. The van der Waals surface area contributed by atoms with Crippen LogP contribution in [0.15, 0.2) is 170 Å². The Morgan fingerprint density at radius 2 is 0.780 bits per heavy atom. The number of carbonyl (C=O) groups excluding carboxylic acids is 2. The van der Waals surface area contributed by atoms with E-state index in [2.05, 4.69) is 74.7 Å². The summed E-state index contributed by atoms with van der Waals surface area (Å²) in [5.74, 6) is -1.04. The molecule has 6 aromatic carbocycles. The molecule has 252 valence electrons. The summed E-state index contributed by atoms with van der Waals surface area (Å²) in [6, 6.07) is 54.7. The van der Waals surface area contributed by atoms with E-state index >= 15 is 0 Å². The molecule has 6 rings (SSSR count). The fourth-order valence-corrected chi connectivity index (χ4v) is 13.9. The van der Waals surface area contributed by atoms with E-state index in [-0.39, 0.29) is 13.1 Å². The van der Waals surface area contributed by atoms with Gasteiger partial charge < -0.3 is 0 Å². The second kappa shape index (κ2) is 15.3. The zero-order valence-electron chi connectivity index (χ0n) is 27.3. The van der Waals surface area contributed by atoms with Crippen molar-refractivity contribution in [3.8, 4) is 0 Å². The topological polar surface area (TPSA) is 98.7 Å². The second-order valence-corrected chi connectivity index (χ2v) is 20.4. The Morgan fingerprint density at radius 1 is 0.480 bits per heavy atom. The van der Waals surface area contributed by atoms with E-state index in [1.807, 2.05) is 72.8 Å². The summed E-state index contributed by atoms with van der Waals surface area (Å²) in [4.78, 5) is 26.4. The molecule has 8 heteroatoms. The molecule has 2 atom stereocenters. The van der Waals surface area contributed by atoms with Gasteiger partial charge in [0.15, 0.2) is 0 Å². The molecule has 0 radical (unpaired) electrons. The Morgan fingerprint density at radius 3 is 1.10 bits per heavy atom. The Kier molecular flexibility index (Phi) is 10.7. The number of hydrogen-bond acceptors (Lipinski definition) is 4. The first-order valence-electron chi connectivity index (χ1n) is 16.3.